The Balaban J connectivity index is 0.000000150. The van der Waals surface area contributed by atoms with Crippen molar-refractivity contribution in [1.29, 1.82) is 0 Å². The Morgan fingerprint density at radius 1 is 0.488 bits per heavy atom. The number of fused-ring (bicyclic) bond motifs is 7. The molecule has 4 aromatic carbocycles. The van der Waals surface area contributed by atoms with Gasteiger partial charge in [-0.25, -0.2) is 26.8 Å². The van der Waals surface area contributed by atoms with Crippen LogP contribution in [0.5, 0.6) is 0 Å². The van der Waals surface area contributed by atoms with Crippen LogP contribution in [0, 0.1) is 11.8 Å². The van der Waals surface area contributed by atoms with Gasteiger partial charge in [0.05, 0.1) is 59.2 Å². The highest BCUT2D eigenvalue weighted by molar-refractivity contribution is 7.86. The van der Waals surface area contributed by atoms with Gasteiger partial charge >= 0.3 is 11.9 Å². The van der Waals surface area contributed by atoms with E-state index in [1.165, 1.54) is 49.9 Å². The fraction of sp³-hybridized carbons (Fsp3) is 0.469. The maximum Gasteiger partial charge on any atom is 0.317 e. The summed E-state index contributed by atoms with van der Waals surface area (Å²) in [6, 6.07) is 27.6. The number of carbonyl (C=O) groups is 4. The van der Waals surface area contributed by atoms with Crippen LogP contribution in [-0.4, -0.2) is 143 Å². The number of benzene rings is 4. The highest BCUT2D eigenvalue weighted by Gasteiger charge is 2.53. The van der Waals surface area contributed by atoms with Crippen LogP contribution in [0.25, 0.3) is 10.8 Å². The van der Waals surface area contributed by atoms with Crippen molar-refractivity contribution in [3.8, 4) is 0 Å². The minimum absolute atomic E-state index is 0.0542. The Hall–Kier alpha value is -7.08. The summed E-state index contributed by atoms with van der Waals surface area (Å²) in [6.45, 7) is 6.01. The molecule has 2 amide bonds. The number of carbonyl (C=O) groups excluding carboxylic acids is 4. The molecular formula is C64H76N8O12S2. The van der Waals surface area contributed by atoms with E-state index in [2.05, 4.69) is 54.8 Å². The van der Waals surface area contributed by atoms with Crippen LogP contribution in [0.15, 0.2) is 144 Å². The number of hydrogen-bond donors (Lipinski definition) is 2. The molecule has 2 aromatic heterocycles. The van der Waals surface area contributed by atoms with Crippen LogP contribution < -0.4 is 10.6 Å². The Labute approximate surface area is 503 Å². The predicted octanol–water partition coefficient (Wildman–Crippen LogP) is 8.37. The lowest BCUT2D eigenvalue weighted by atomic mass is 9.74. The first kappa shape index (κ1) is 62.0. The van der Waals surface area contributed by atoms with Crippen LogP contribution in [0.3, 0.4) is 0 Å². The second-order valence-corrected chi connectivity index (χ2v) is 27.0. The molecule has 86 heavy (non-hydrogen) atoms. The average Bonchev–Trinajstić information content (AvgIpc) is 1.18. The highest BCUT2D eigenvalue weighted by atomic mass is 32.2. The average molecular weight is 1210 g/mol. The molecule has 8 aliphatic rings. The third-order valence-electron chi connectivity index (χ3n) is 18.9. The maximum absolute atomic E-state index is 13.9. The van der Waals surface area contributed by atoms with Crippen molar-refractivity contribution in [2.45, 2.75) is 136 Å². The second-order valence-electron chi connectivity index (χ2n) is 24.3. The topological polar surface area (TPSA) is 277 Å². The Morgan fingerprint density at radius 3 is 1.17 bits per heavy atom. The minimum atomic E-state index is -4.74. The third-order valence-corrected chi connectivity index (χ3v) is 20.7. The molecule has 2 aliphatic carbocycles. The van der Waals surface area contributed by atoms with Gasteiger partial charge in [0.1, 0.15) is 33.3 Å². The summed E-state index contributed by atoms with van der Waals surface area (Å²) in [5.74, 6) is 1.50. The number of ether oxygens (including phenoxy) is 2. The van der Waals surface area contributed by atoms with Gasteiger partial charge in [-0.3, -0.25) is 29.1 Å². The van der Waals surface area contributed by atoms with Crippen molar-refractivity contribution in [2.24, 2.45) is 11.8 Å². The summed E-state index contributed by atoms with van der Waals surface area (Å²) >= 11 is 0. The number of esters is 2. The molecule has 6 saturated heterocycles. The number of aromatic nitrogens is 4. The molecule has 22 heteroatoms. The zero-order chi connectivity index (χ0) is 60.4. The molecule has 456 valence electrons. The van der Waals surface area contributed by atoms with E-state index in [1.54, 1.807) is 37.2 Å². The molecule has 20 nitrogen and oxygen atoms in total. The molecular weight excluding hydrogens is 1140 g/mol. The highest BCUT2D eigenvalue weighted by Crippen LogP contribution is 2.44. The summed E-state index contributed by atoms with van der Waals surface area (Å²) in [5, 5.41) is 5.58. The van der Waals surface area contributed by atoms with Gasteiger partial charge in [-0.1, -0.05) is 136 Å². The monoisotopic (exact) mass is 1210 g/mol. The fourth-order valence-electron chi connectivity index (χ4n) is 14.4. The third kappa shape index (κ3) is 14.5. The smallest absolute Gasteiger partial charge is 0.317 e. The van der Waals surface area contributed by atoms with Crippen LogP contribution in [-0.2, 0) is 59.7 Å². The van der Waals surface area contributed by atoms with E-state index in [4.69, 9.17) is 9.47 Å². The van der Waals surface area contributed by atoms with Crippen molar-refractivity contribution >= 4 is 66.4 Å². The van der Waals surface area contributed by atoms with E-state index in [1.807, 2.05) is 36.4 Å². The summed E-state index contributed by atoms with van der Waals surface area (Å²) < 4.78 is 80.3. The maximum atomic E-state index is 13.9. The van der Waals surface area contributed by atoms with Crippen molar-refractivity contribution < 1.29 is 63.6 Å². The Bertz CT molecular complexity index is 3300. The summed E-state index contributed by atoms with van der Waals surface area (Å²) in [6.07, 6.45) is 25.5. The summed E-state index contributed by atoms with van der Waals surface area (Å²) in [7, 11) is -9.48. The Kier molecular flexibility index (Phi) is 19.4. The molecule has 14 rings (SSSR count). The lowest BCUT2D eigenvalue weighted by molar-refractivity contribution is -0.939. The van der Waals surface area contributed by atoms with E-state index in [0.717, 1.165) is 140 Å². The largest absolute Gasteiger partial charge is 0.744 e. The van der Waals surface area contributed by atoms with E-state index in [-0.39, 0.29) is 46.7 Å². The van der Waals surface area contributed by atoms with Gasteiger partial charge in [-0.05, 0) is 48.9 Å². The van der Waals surface area contributed by atoms with Gasteiger partial charge < -0.3 is 38.2 Å². The molecule has 6 aromatic rings. The van der Waals surface area contributed by atoms with Crippen LogP contribution >= 0.6 is 0 Å². The minimum Gasteiger partial charge on any atom is -0.744 e. The summed E-state index contributed by atoms with van der Waals surface area (Å²) in [4.78, 5) is 68.6. The van der Waals surface area contributed by atoms with E-state index < -0.39 is 40.9 Å². The number of hydrogen-bond acceptors (Lipinski definition) is 16. The van der Waals surface area contributed by atoms with Gasteiger partial charge in [0.2, 0.25) is 0 Å². The number of nitrogens with zero attached hydrogens (tertiary/aromatic N) is 6. The number of anilines is 2. The van der Waals surface area contributed by atoms with Gasteiger partial charge in [-0.15, -0.1) is 0 Å². The fourth-order valence-corrected chi connectivity index (χ4v) is 15.8. The van der Waals surface area contributed by atoms with Crippen molar-refractivity contribution in [2.75, 3.05) is 63.0 Å². The molecule has 0 radical (unpaired) electrons. The molecule has 0 spiro atoms. The Morgan fingerprint density at radius 2 is 0.849 bits per heavy atom. The SMILES string of the molecule is O=C(C[N+]12CCC(CC1)[C@@H](OC(=O)C1(c3ccccc3)CCCCCC1)C2)Nc1cnccn1.O=C(C[N+]12CCC(CC1)[C@@H](OC(=O)C1(c3ccccc3)CCCCCC1)C2)Nc1cnccn1.O=S(=O)([O-])c1cccc2c(S(=O)(=O)[O-])cccc12. The number of amides is 2. The zero-order valence-electron chi connectivity index (χ0n) is 48.4. The van der Waals surface area contributed by atoms with Crippen LogP contribution in [0.4, 0.5) is 11.6 Å². The predicted molar refractivity (Wildman–Crippen MR) is 318 cm³/mol. The quantitative estimate of drug-likeness (QED) is 0.0448. The number of rotatable bonds is 14. The van der Waals surface area contributed by atoms with Crippen LogP contribution in [0.1, 0.15) is 114 Å². The first-order chi connectivity index (χ1) is 41.4. The van der Waals surface area contributed by atoms with Gasteiger partial charge in [0, 0.05) is 73.1 Å². The number of nitrogens with one attached hydrogen (secondary N) is 2. The van der Waals surface area contributed by atoms with Crippen LogP contribution in [0.2, 0.25) is 0 Å². The lowest BCUT2D eigenvalue weighted by Gasteiger charge is -2.52. The molecule has 2 saturated carbocycles. The molecule has 8 fully saturated rings. The number of piperidine rings is 6. The van der Waals surface area contributed by atoms with E-state index in [0.29, 0.717) is 45.5 Å². The van der Waals surface area contributed by atoms with Crippen molar-refractivity contribution in [3.63, 3.8) is 0 Å². The second kappa shape index (κ2) is 26.9. The molecule has 6 aliphatic heterocycles. The number of quaternary nitrogens is 2. The van der Waals surface area contributed by atoms with Gasteiger partial charge in [-0.2, -0.15) is 0 Å². The molecule has 2 atom stereocenters. The zero-order valence-corrected chi connectivity index (χ0v) is 50.0. The van der Waals surface area contributed by atoms with E-state index >= 15 is 0 Å². The lowest BCUT2D eigenvalue weighted by Crippen LogP contribution is -2.66. The van der Waals surface area contributed by atoms with Crippen molar-refractivity contribution in [3.05, 3.63) is 145 Å². The normalized spacial score (nSPS) is 24.8. The first-order valence-electron chi connectivity index (χ1n) is 30.2. The van der Waals surface area contributed by atoms with Gasteiger partial charge in [0.15, 0.2) is 36.9 Å². The molecule has 2 N–H and O–H groups in total. The van der Waals surface area contributed by atoms with Gasteiger partial charge in [0.25, 0.3) is 11.8 Å². The molecule has 4 bridgehead atoms. The van der Waals surface area contributed by atoms with Crippen molar-refractivity contribution in [1.82, 2.24) is 19.9 Å². The van der Waals surface area contributed by atoms with E-state index in [9.17, 15) is 45.1 Å². The first-order valence-corrected chi connectivity index (χ1v) is 33.0. The molecule has 0 unspecified atom stereocenters. The standard InChI is InChI=1S/2C27H34N4O3.C10H8O6S2/c2*32-25(30-24-18-28-14-15-29-24)20-31-16-10-21(11-17-31)23(19-31)34-26(33)27(12-6-1-2-7-13-27)22-8-4-3-5-9-22;11-17(12,13)9-5-1-3-7-8(9)4-2-6-10(7)18(14,15)16/h2*3-5,8-9,14-15,18,21,23H,1-2,6-7,10-13,16-17,19-20H2;1-6H,(H,11,12,13)(H,14,15,16)/t2*21?,23-,31?;/m00./s1. The summed E-state index contributed by atoms with van der Waals surface area (Å²) in [5.41, 5.74) is 1.10. The molecule has 8 heterocycles.